The highest BCUT2D eigenvalue weighted by Crippen LogP contribution is 2.61. The van der Waals surface area contributed by atoms with Crippen molar-refractivity contribution in [2.75, 3.05) is 6.61 Å². The maximum absolute atomic E-state index is 11.2. The van der Waals surface area contributed by atoms with E-state index < -0.39 is 0 Å². The lowest BCUT2D eigenvalue weighted by molar-refractivity contribution is -0.00538. The SMILES string of the molecule is C=C(C)C(CC)C(CC(C)CO)c1c(O)cc(C23CC4CC(CC(C4)C2)C3)cc1O. The molecule has 4 bridgehead atoms. The van der Waals surface area contributed by atoms with Gasteiger partial charge in [-0.1, -0.05) is 26.0 Å². The van der Waals surface area contributed by atoms with Gasteiger partial charge in [0.05, 0.1) is 0 Å². The quantitative estimate of drug-likeness (QED) is 0.441. The molecular weight excluding hydrogens is 372 g/mol. The van der Waals surface area contributed by atoms with E-state index in [1.165, 1.54) is 38.5 Å². The molecular formula is C27H40O3. The van der Waals surface area contributed by atoms with Gasteiger partial charge in [0.1, 0.15) is 11.5 Å². The number of hydrogen-bond donors (Lipinski definition) is 3. The van der Waals surface area contributed by atoms with Crippen LogP contribution in [0.3, 0.4) is 0 Å². The summed E-state index contributed by atoms with van der Waals surface area (Å²) in [6.45, 7) is 10.5. The number of phenolic OH excluding ortho intramolecular Hbond substituents is 2. The van der Waals surface area contributed by atoms with Crippen LogP contribution >= 0.6 is 0 Å². The molecule has 4 fully saturated rings. The van der Waals surface area contributed by atoms with E-state index in [0.29, 0.717) is 5.56 Å². The highest BCUT2D eigenvalue weighted by Gasteiger charge is 2.52. The second kappa shape index (κ2) is 8.22. The maximum Gasteiger partial charge on any atom is 0.123 e. The zero-order valence-corrected chi connectivity index (χ0v) is 19.0. The summed E-state index contributed by atoms with van der Waals surface area (Å²) in [6.07, 6.45) is 9.41. The molecule has 30 heavy (non-hydrogen) atoms. The minimum Gasteiger partial charge on any atom is -0.508 e. The summed E-state index contributed by atoms with van der Waals surface area (Å²) >= 11 is 0. The van der Waals surface area contributed by atoms with E-state index in [1.807, 2.05) is 26.0 Å². The fourth-order valence-electron chi connectivity index (χ4n) is 7.74. The lowest BCUT2D eigenvalue weighted by Crippen LogP contribution is -2.48. The van der Waals surface area contributed by atoms with E-state index in [-0.39, 0.29) is 41.3 Å². The lowest BCUT2D eigenvalue weighted by atomic mass is 9.48. The Balaban J connectivity index is 1.71. The Morgan fingerprint density at radius 2 is 1.57 bits per heavy atom. The Morgan fingerprint density at radius 3 is 1.97 bits per heavy atom. The molecule has 166 valence electrons. The van der Waals surface area contributed by atoms with Crippen molar-refractivity contribution in [3.05, 3.63) is 35.4 Å². The third-order valence-corrected chi connectivity index (χ3v) is 8.68. The number of aliphatic hydroxyl groups excluding tert-OH is 1. The molecule has 4 aliphatic carbocycles. The van der Waals surface area contributed by atoms with E-state index in [1.54, 1.807) is 0 Å². The van der Waals surface area contributed by atoms with Crippen LogP contribution in [0, 0.1) is 29.6 Å². The molecule has 0 saturated heterocycles. The normalized spacial score (nSPS) is 32.7. The van der Waals surface area contributed by atoms with Gasteiger partial charge in [0.25, 0.3) is 0 Å². The zero-order valence-electron chi connectivity index (χ0n) is 19.0. The topological polar surface area (TPSA) is 60.7 Å². The summed E-state index contributed by atoms with van der Waals surface area (Å²) in [5.41, 5.74) is 3.02. The molecule has 1 aromatic rings. The molecule has 3 N–H and O–H groups in total. The highest BCUT2D eigenvalue weighted by molar-refractivity contribution is 5.52. The van der Waals surface area contributed by atoms with Gasteiger partial charge in [0.15, 0.2) is 0 Å². The minimum atomic E-state index is -0.0416. The van der Waals surface area contributed by atoms with Crippen LogP contribution in [0.4, 0.5) is 0 Å². The fraction of sp³-hybridized carbons (Fsp3) is 0.704. The minimum absolute atomic E-state index is 0.0416. The molecule has 0 spiro atoms. The van der Waals surface area contributed by atoms with E-state index in [9.17, 15) is 15.3 Å². The Morgan fingerprint density at radius 1 is 1.07 bits per heavy atom. The van der Waals surface area contributed by atoms with Crippen molar-refractivity contribution in [3.8, 4) is 11.5 Å². The molecule has 3 unspecified atom stereocenters. The van der Waals surface area contributed by atoms with Crippen LogP contribution in [-0.2, 0) is 5.41 Å². The third kappa shape index (κ3) is 3.79. The van der Waals surface area contributed by atoms with Gasteiger partial charge in [-0.15, -0.1) is 0 Å². The number of aliphatic hydroxyl groups is 1. The molecule has 3 heteroatoms. The maximum atomic E-state index is 11.2. The van der Waals surface area contributed by atoms with Crippen LogP contribution in [0.5, 0.6) is 11.5 Å². The predicted molar refractivity (Wildman–Crippen MR) is 122 cm³/mol. The predicted octanol–water partition coefficient (Wildman–Crippen LogP) is 6.27. The number of hydrogen-bond acceptors (Lipinski definition) is 3. The monoisotopic (exact) mass is 412 g/mol. The summed E-state index contributed by atoms with van der Waals surface area (Å²) in [5.74, 6) is 3.17. The second-order valence-corrected chi connectivity index (χ2v) is 11.1. The van der Waals surface area contributed by atoms with Gasteiger partial charge in [-0.05, 0) is 117 Å². The Kier molecular flexibility index (Phi) is 5.96. The van der Waals surface area contributed by atoms with Crippen LogP contribution in [0.15, 0.2) is 24.3 Å². The number of phenols is 2. The Hall–Kier alpha value is -1.48. The number of rotatable bonds is 8. The van der Waals surface area contributed by atoms with E-state index >= 15 is 0 Å². The number of allylic oxidation sites excluding steroid dienone is 1. The van der Waals surface area contributed by atoms with Crippen molar-refractivity contribution in [2.24, 2.45) is 29.6 Å². The van der Waals surface area contributed by atoms with Crippen molar-refractivity contribution in [2.45, 2.75) is 83.5 Å². The molecule has 0 aliphatic heterocycles. The molecule has 4 aliphatic rings. The van der Waals surface area contributed by atoms with Gasteiger partial charge in [0.2, 0.25) is 0 Å². The molecule has 1 aromatic carbocycles. The Labute approximate surface area is 182 Å². The van der Waals surface area contributed by atoms with Crippen LogP contribution in [-0.4, -0.2) is 21.9 Å². The van der Waals surface area contributed by atoms with Gasteiger partial charge in [-0.25, -0.2) is 0 Å². The van der Waals surface area contributed by atoms with E-state index in [2.05, 4.69) is 13.5 Å². The lowest BCUT2D eigenvalue weighted by Gasteiger charge is -2.57. The number of benzene rings is 1. The molecule has 4 saturated carbocycles. The summed E-state index contributed by atoms with van der Waals surface area (Å²) in [5, 5.41) is 32.1. The second-order valence-electron chi connectivity index (χ2n) is 11.1. The van der Waals surface area contributed by atoms with Crippen molar-refractivity contribution in [3.63, 3.8) is 0 Å². The average molecular weight is 413 g/mol. The molecule has 3 nitrogen and oxygen atoms in total. The standard InChI is InChI=1S/C27H40O3/c1-5-22(16(2)3)23(6-17(4)15-28)26-24(29)10-21(11-25(26)30)27-12-18-7-19(13-27)9-20(8-18)14-27/h10-11,17-20,22-23,28-30H,2,5-9,12-15H2,1,3-4H3. The molecule has 0 aromatic heterocycles. The largest absolute Gasteiger partial charge is 0.508 e. The van der Waals surface area contributed by atoms with Gasteiger partial charge in [0, 0.05) is 12.2 Å². The van der Waals surface area contributed by atoms with Crippen LogP contribution in [0.1, 0.15) is 89.2 Å². The zero-order chi connectivity index (χ0) is 21.6. The smallest absolute Gasteiger partial charge is 0.123 e. The summed E-state index contributed by atoms with van der Waals surface area (Å²) in [6, 6.07) is 3.95. The van der Waals surface area contributed by atoms with Crippen molar-refractivity contribution in [1.82, 2.24) is 0 Å². The first-order chi connectivity index (χ1) is 14.3. The highest BCUT2D eigenvalue weighted by atomic mass is 16.3. The molecule has 3 atom stereocenters. The number of aromatic hydroxyl groups is 2. The van der Waals surface area contributed by atoms with Crippen molar-refractivity contribution < 1.29 is 15.3 Å². The summed E-state index contributed by atoms with van der Waals surface area (Å²) < 4.78 is 0. The average Bonchev–Trinajstić information content (AvgIpc) is 2.66. The first-order valence-corrected chi connectivity index (χ1v) is 12.1. The van der Waals surface area contributed by atoms with Crippen LogP contribution < -0.4 is 0 Å². The van der Waals surface area contributed by atoms with Gasteiger partial charge < -0.3 is 15.3 Å². The first kappa shape index (κ1) is 21.7. The van der Waals surface area contributed by atoms with Gasteiger partial charge in [-0.2, -0.15) is 0 Å². The van der Waals surface area contributed by atoms with Crippen LogP contribution in [0.2, 0.25) is 0 Å². The molecule has 5 rings (SSSR count). The summed E-state index contributed by atoms with van der Waals surface area (Å²) in [4.78, 5) is 0. The fourth-order valence-corrected chi connectivity index (χ4v) is 7.74. The molecule has 0 radical (unpaired) electrons. The molecule has 0 amide bonds. The van der Waals surface area contributed by atoms with E-state index in [0.717, 1.165) is 41.7 Å². The van der Waals surface area contributed by atoms with Crippen molar-refractivity contribution >= 4 is 0 Å². The third-order valence-electron chi connectivity index (χ3n) is 8.68. The summed E-state index contributed by atoms with van der Waals surface area (Å²) in [7, 11) is 0. The van der Waals surface area contributed by atoms with Crippen molar-refractivity contribution in [1.29, 1.82) is 0 Å². The van der Waals surface area contributed by atoms with Gasteiger partial charge >= 0.3 is 0 Å². The van der Waals surface area contributed by atoms with Crippen LogP contribution in [0.25, 0.3) is 0 Å². The first-order valence-electron chi connectivity index (χ1n) is 12.1. The van der Waals surface area contributed by atoms with Gasteiger partial charge in [-0.3, -0.25) is 0 Å². The van der Waals surface area contributed by atoms with E-state index in [4.69, 9.17) is 0 Å². The Bertz CT molecular complexity index is 737. The molecule has 0 heterocycles.